The molecule has 1 heterocycles. The maximum Gasteiger partial charge on any atom is 0.433 e. The van der Waals surface area contributed by atoms with Gasteiger partial charge in [-0.25, -0.2) is 4.98 Å². The van der Waals surface area contributed by atoms with Crippen LogP contribution >= 0.6 is 0 Å². The highest BCUT2D eigenvalue weighted by Crippen LogP contribution is 2.32. The lowest BCUT2D eigenvalue weighted by atomic mass is 10.1. The summed E-state index contributed by atoms with van der Waals surface area (Å²) in [7, 11) is 0. The zero-order valence-electron chi connectivity index (χ0n) is 11.2. The molecule has 0 spiro atoms. The highest BCUT2D eigenvalue weighted by atomic mass is 19.4. The lowest BCUT2D eigenvalue weighted by molar-refractivity contribution is -0.384. The Hall–Kier alpha value is -1.86. The molecule has 5 nitrogen and oxygen atoms in total. The molecule has 112 valence electrons. The van der Waals surface area contributed by atoms with E-state index in [1.807, 2.05) is 13.8 Å². The normalized spacial score (nSPS) is 11.7. The summed E-state index contributed by atoms with van der Waals surface area (Å²) < 4.78 is 37.6. The monoisotopic (exact) mass is 291 g/mol. The zero-order chi connectivity index (χ0) is 15.3. The van der Waals surface area contributed by atoms with Gasteiger partial charge in [-0.05, 0) is 24.8 Å². The van der Waals surface area contributed by atoms with Crippen LogP contribution in [-0.4, -0.2) is 16.5 Å². The minimum atomic E-state index is -4.62. The molecular weight excluding hydrogens is 275 g/mol. The fourth-order valence-electron chi connectivity index (χ4n) is 1.62. The molecule has 0 aliphatic carbocycles. The van der Waals surface area contributed by atoms with Gasteiger partial charge in [-0.3, -0.25) is 10.1 Å². The first-order valence-electron chi connectivity index (χ1n) is 6.17. The maximum absolute atomic E-state index is 12.5. The van der Waals surface area contributed by atoms with E-state index in [2.05, 4.69) is 10.3 Å². The summed E-state index contributed by atoms with van der Waals surface area (Å²) in [6.07, 6.45) is -2.38. The van der Waals surface area contributed by atoms with Crippen molar-refractivity contribution in [2.45, 2.75) is 32.9 Å². The van der Waals surface area contributed by atoms with Crippen LogP contribution in [-0.2, 0) is 6.18 Å². The Morgan fingerprint density at radius 2 is 2.10 bits per heavy atom. The highest BCUT2D eigenvalue weighted by Gasteiger charge is 2.34. The molecule has 8 heteroatoms. The Labute approximate surface area is 114 Å². The average molecular weight is 291 g/mol. The van der Waals surface area contributed by atoms with Gasteiger partial charge in [-0.2, -0.15) is 13.2 Å². The molecule has 0 atom stereocenters. The fraction of sp³-hybridized carbons (Fsp3) is 0.583. The van der Waals surface area contributed by atoms with E-state index < -0.39 is 22.5 Å². The molecule has 0 fully saturated rings. The molecule has 1 aromatic rings. The van der Waals surface area contributed by atoms with E-state index in [0.717, 1.165) is 12.8 Å². The molecule has 0 bridgehead atoms. The number of anilines is 1. The second-order valence-electron chi connectivity index (χ2n) is 4.80. The molecule has 0 saturated carbocycles. The van der Waals surface area contributed by atoms with Gasteiger partial charge in [0.2, 0.25) is 0 Å². The van der Waals surface area contributed by atoms with Crippen molar-refractivity contribution in [2.24, 2.45) is 5.92 Å². The van der Waals surface area contributed by atoms with E-state index in [1.165, 1.54) is 0 Å². The Morgan fingerprint density at radius 1 is 1.45 bits per heavy atom. The van der Waals surface area contributed by atoms with Crippen LogP contribution in [0.1, 0.15) is 32.4 Å². The van der Waals surface area contributed by atoms with Crippen LogP contribution in [0.4, 0.5) is 24.5 Å². The summed E-state index contributed by atoms with van der Waals surface area (Å²) >= 11 is 0. The Morgan fingerprint density at radius 3 is 2.60 bits per heavy atom. The lowest BCUT2D eigenvalue weighted by Gasteiger charge is -2.11. The minimum Gasteiger partial charge on any atom is -0.379 e. The van der Waals surface area contributed by atoms with Crippen molar-refractivity contribution < 1.29 is 18.1 Å². The van der Waals surface area contributed by atoms with Crippen molar-refractivity contribution in [1.82, 2.24) is 4.98 Å². The van der Waals surface area contributed by atoms with E-state index in [9.17, 15) is 23.3 Å². The molecule has 1 aromatic heterocycles. The molecular formula is C12H16F3N3O2. The standard InChI is InChI=1S/C12H16F3N3O2/c1-8(2)4-3-5-16-9-6-11(12(13,14)15)17-7-10(9)18(19)20/h6-8H,3-5H2,1-2H3,(H,16,17). The van der Waals surface area contributed by atoms with Crippen molar-refractivity contribution in [1.29, 1.82) is 0 Å². The first kappa shape index (κ1) is 16.2. The van der Waals surface area contributed by atoms with Crippen LogP contribution in [0.25, 0.3) is 0 Å². The number of rotatable bonds is 6. The summed E-state index contributed by atoms with van der Waals surface area (Å²) in [5, 5.41) is 13.4. The summed E-state index contributed by atoms with van der Waals surface area (Å²) in [5.74, 6) is 0.468. The van der Waals surface area contributed by atoms with Gasteiger partial charge in [0.1, 0.15) is 17.6 Å². The molecule has 0 aliphatic rings. The van der Waals surface area contributed by atoms with Gasteiger partial charge in [0.25, 0.3) is 0 Å². The SMILES string of the molecule is CC(C)CCCNc1cc(C(F)(F)F)ncc1[N+](=O)[O-]. The number of halogens is 3. The highest BCUT2D eigenvalue weighted by molar-refractivity contribution is 5.61. The number of pyridine rings is 1. The van der Waals surface area contributed by atoms with Crippen molar-refractivity contribution in [3.8, 4) is 0 Å². The van der Waals surface area contributed by atoms with Gasteiger partial charge >= 0.3 is 11.9 Å². The van der Waals surface area contributed by atoms with Crippen LogP contribution in [0.2, 0.25) is 0 Å². The van der Waals surface area contributed by atoms with Crippen LogP contribution in [0.3, 0.4) is 0 Å². The van der Waals surface area contributed by atoms with E-state index >= 15 is 0 Å². The van der Waals surface area contributed by atoms with Crippen molar-refractivity contribution >= 4 is 11.4 Å². The summed E-state index contributed by atoms with van der Waals surface area (Å²) in [6.45, 7) is 4.42. The Balaban J connectivity index is 2.87. The van der Waals surface area contributed by atoms with Gasteiger partial charge < -0.3 is 5.32 Å². The summed E-state index contributed by atoms with van der Waals surface area (Å²) in [5.41, 5.74) is -1.75. The lowest BCUT2D eigenvalue weighted by Crippen LogP contribution is -2.11. The van der Waals surface area contributed by atoms with Gasteiger partial charge in [-0.1, -0.05) is 13.8 Å². The number of nitrogens with one attached hydrogen (secondary N) is 1. The third-order valence-electron chi connectivity index (χ3n) is 2.64. The second-order valence-corrected chi connectivity index (χ2v) is 4.80. The molecule has 20 heavy (non-hydrogen) atoms. The predicted molar refractivity (Wildman–Crippen MR) is 68.5 cm³/mol. The molecule has 0 amide bonds. The third-order valence-corrected chi connectivity index (χ3v) is 2.64. The first-order valence-corrected chi connectivity index (χ1v) is 6.17. The number of alkyl halides is 3. The number of aromatic nitrogens is 1. The maximum atomic E-state index is 12.5. The molecule has 0 aromatic carbocycles. The zero-order valence-corrected chi connectivity index (χ0v) is 11.2. The fourth-order valence-corrected chi connectivity index (χ4v) is 1.62. The molecule has 0 saturated heterocycles. The van der Waals surface area contributed by atoms with Crippen LogP contribution in [0.15, 0.2) is 12.3 Å². The Bertz CT molecular complexity index is 476. The topological polar surface area (TPSA) is 68.1 Å². The van der Waals surface area contributed by atoms with Crippen molar-refractivity contribution in [3.05, 3.63) is 28.1 Å². The number of hydrogen-bond donors (Lipinski definition) is 1. The smallest absolute Gasteiger partial charge is 0.379 e. The molecule has 0 radical (unpaired) electrons. The first-order chi connectivity index (χ1) is 9.21. The van der Waals surface area contributed by atoms with E-state index in [0.29, 0.717) is 24.7 Å². The van der Waals surface area contributed by atoms with E-state index in [-0.39, 0.29) is 5.69 Å². The number of nitrogens with zero attached hydrogens (tertiary/aromatic N) is 2. The van der Waals surface area contributed by atoms with Crippen molar-refractivity contribution in [2.75, 3.05) is 11.9 Å². The van der Waals surface area contributed by atoms with Gasteiger partial charge in [0, 0.05) is 6.54 Å². The van der Waals surface area contributed by atoms with Crippen molar-refractivity contribution in [3.63, 3.8) is 0 Å². The Kier molecular flexibility index (Phi) is 5.29. The van der Waals surface area contributed by atoms with Gasteiger partial charge in [0.15, 0.2) is 0 Å². The molecule has 1 N–H and O–H groups in total. The summed E-state index contributed by atoms with van der Waals surface area (Å²) in [4.78, 5) is 13.1. The van der Waals surface area contributed by atoms with Gasteiger partial charge in [-0.15, -0.1) is 0 Å². The van der Waals surface area contributed by atoms with Crippen LogP contribution in [0.5, 0.6) is 0 Å². The van der Waals surface area contributed by atoms with Crippen LogP contribution < -0.4 is 5.32 Å². The number of nitro groups is 1. The summed E-state index contributed by atoms with van der Waals surface area (Å²) in [6, 6.07) is 0.674. The number of hydrogen-bond acceptors (Lipinski definition) is 4. The third kappa shape index (κ3) is 4.67. The van der Waals surface area contributed by atoms with E-state index in [4.69, 9.17) is 0 Å². The molecule has 0 unspecified atom stereocenters. The second kappa shape index (κ2) is 6.53. The van der Waals surface area contributed by atoms with Crippen LogP contribution in [0, 0.1) is 16.0 Å². The van der Waals surface area contributed by atoms with E-state index in [1.54, 1.807) is 0 Å². The quantitative estimate of drug-likeness (QED) is 0.491. The molecule has 0 aliphatic heterocycles. The largest absolute Gasteiger partial charge is 0.433 e. The minimum absolute atomic E-state index is 0.152. The molecule has 1 rings (SSSR count). The average Bonchev–Trinajstić information content (AvgIpc) is 2.32. The van der Waals surface area contributed by atoms with Gasteiger partial charge in [0.05, 0.1) is 4.92 Å². The predicted octanol–water partition coefficient (Wildman–Crippen LogP) is 3.86.